The van der Waals surface area contributed by atoms with E-state index in [9.17, 15) is 4.79 Å². The first kappa shape index (κ1) is 14.6. The normalized spacial score (nSPS) is 9.22. The Hall–Kier alpha value is -1.47. The van der Waals surface area contributed by atoms with Gasteiger partial charge in [0.1, 0.15) is 12.4 Å². The van der Waals surface area contributed by atoms with Crippen molar-refractivity contribution >= 4 is 21.8 Å². The fraction of sp³-hybridized carbons (Fsp3) is 0.357. The monoisotopic (exact) mass is 309 g/mol. The third-order valence-corrected chi connectivity index (χ3v) is 2.58. The van der Waals surface area contributed by atoms with Crippen LogP contribution in [0, 0.1) is 11.8 Å². The molecule has 0 aliphatic carbocycles. The zero-order valence-electron chi connectivity index (χ0n) is 10.3. The van der Waals surface area contributed by atoms with Crippen molar-refractivity contribution < 1.29 is 9.53 Å². The molecule has 1 amide bonds. The molecule has 0 heterocycles. The average Bonchev–Trinajstić information content (AvgIpc) is 2.34. The number of hydrogen-bond donors (Lipinski definition) is 1. The van der Waals surface area contributed by atoms with Gasteiger partial charge in [0.15, 0.2) is 0 Å². The largest absolute Gasteiger partial charge is 0.481 e. The molecule has 1 aromatic rings. The number of rotatable bonds is 5. The molecule has 1 N–H and O–H groups in total. The predicted octanol–water partition coefficient (Wildman–Crippen LogP) is 2.75. The molecule has 0 bridgehead atoms. The highest BCUT2D eigenvalue weighted by atomic mass is 79.9. The molecule has 0 atom stereocenters. The molecular formula is C14H16BrNO2. The summed E-state index contributed by atoms with van der Waals surface area (Å²) in [5.74, 6) is 6.50. The highest BCUT2D eigenvalue weighted by Gasteiger charge is 1.95. The second kappa shape index (κ2) is 8.60. The lowest BCUT2D eigenvalue weighted by molar-refractivity contribution is -0.120. The van der Waals surface area contributed by atoms with E-state index in [1.807, 2.05) is 31.2 Å². The average molecular weight is 310 g/mol. The Kier molecular flexibility index (Phi) is 6.97. The van der Waals surface area contributed by atoms with E-state index in [0.29, 0.717) is 19.6 Å². The molecule has 18 heavy (non-hydrogen) atoms. The number of benzene rings is 1. The Balaban J connectivity index is 2.20. The number of nitrogens with one attached hydrogen (secondary N) is 1. The van der Waals surface area contributed by atoms with Crippen LogP contribution >= 0.6 is 15.9 Å². The number of ether oxygens (including phenoxy) is 1. The van der Waals surface area contributed by atoms with Crippen LogP contribution in [-0.4, -0.2) is 19.1 Å². The lowest BCUT2D eigenvalue weighted by Gasteiger charge is -2.01. The van der Waals surface area contributed by atoms with Crippen LogP contribution in [0.25, 0.3) is 0 Å². The van der Waals surface area contributed by atoms with Gasteiger partial charge in [0.2, 0.25) is 5.91 Å². The minimum Gasteiger partial charge on any atom is -0.481 e. The van der Waals surface area contributed by atoms with Crippen LogP contribution < -0.4 is 10.1 Å². The molecule has 0 saturated heterocycles. The van der Waals surface area contributed by atoms with Crippen molar-refractivity contribution in [2.24, 2.45) is 0 Å². The van der Waals surface area contributed by atoms with Gasteiger partial charge in [0.05, 0.1) is 6.54 Å². The summed E-state index contributed by atoms with van der Waals surface area (Å²) in [6.07, 6.45) is 1.40. The Morgan fingerprint density at radius 3 is 3.00 bits per heavy atom. The Labute approximate surface area is 116 Å². The first-order valence-electron chi connectivity index (χ1n) is 5.83. The van der Waals surface area contributed by atoms with Crippen molar-refractivity contribution in [1.82, 2.24) is 5.32 Å². The summed E-state index contributed by atoms with van der Waals surface area (Å²) in [5.41, 5.74) is 0. The SMILES string of the molecule is CCCC(=O)NCC#CCOc1cccc(Br)c1. The molecule has 1 aromatic carbocycles. The van der Waals surface area contributed by atoms with Gasteiger partial charge in [0.25, 0.3) is 0 Å². The van der Waals surface area contributed by atoms with Gasteiger partial charge in [-0.05, 0) is 24.6 Å². The maximum Gasteiger partial charge on any atom is 0.220 e. The van der Waals surface area contributed by atoms with Crippen molar-refractivity contribution in [3.63, 3.8) is 0 Å². The van der Waals surface area contributed by atoms with E-state index in [0.717, 1.165) is 16.6 Å². The number of carbonyl (C=O) groups is 1. The van der Waals surface area contributed by atoms with Crippen molar-refractivity contribution in [1.29, 1.82) is 0 Å². The van der Waals surface area contributed by atoms with Gasteiger partial charge in [-0.25, -0.2) is 0 Å². The highest BCUT2D eigenvalue weighted by Crippen LogP contribution is 2.17. The van der Waals surface area contributed by atoms with Crippen molar-refractivity contribution in [3.8, 4) is 17.6 Å². The van der Waals surface area contributed by atoms with E-state index in [1.54, 1.807) is 0 Å². The molecule has 4 heteroatoms. The summed E-state index contributed by atoms with van der Waals surface area (Å²) < 4.78 is 6.40. The number of halogens is 1. The molecule has 0 aromatic heterocycles. The molecule has 1 rings (SSSR count). The molecule has 96 valence electrons. The Bertz CT molecular complexity index is 449. The van der Waals surface area contributed by atoms with Crippen molar-refractivity contribution in [2.45, 2.75) is 19.8 Å². The van der Waals surface area contributed by atoms with Crippen LogP contribution in [0.5, 0.6) is 5.75 Å². The van der Waals surface area contributed by atoms with Crippen LogP contribution in [0.3, 0.4) is 0 Å². The van der Waals surface area contributed by atoms with E-state index in [-0.39, 0.29) is 5.91 Å². The van der Waals surface area contributed by atoms with Gasteiger partial charge in [-0.1, -0.05) is 40.8 Å². The van der Waals surface area contributed by atoms with Crippen molar-refractivity contribution in [2.75, 3.05) is 13.2 Å². The van der Waals surface area contributed by atoms with Gasteiger partial charge in [-0.3, -0.25) is 4.79 Å². The molecule has 0 aliphatic heterocycles. The molecule has 0 fully saturated rings. The molecule has 3 nitrogen and oxygen atoms in total. The van der Waals surface area contributed by atoms with Gasteiger partial charge in [-0.2, -0.15) is 0 Å². The second-order valence-corrected chi connectivity index (χ2v) is 4.54. The standard InChI is InChI=1S/C14H16BrNO2/c1-2-6-14(17)16-9-3-4-10-18-13-8-5-7-12(15)11-13/h5,7-8,11H,2,6,9-10H2,1H3,(H,16,17). The summed E-state index contributed by atoms with van der Waals surface area (Å²) in [6.45, 7) is 2.66. The summed E-state index contributed by atoms with van der Waals surface area (Å²) in [6, 6.07) is 7.58. The van der Waals surface area contributed by atoms with Gasteiger partial charge in [0, 0.05) is 10.9 Å². The minimum absolute atomic E-state index is 0.0414. The molecule has 0 saturated carbocycles. The van der Waals surface area contributed by atoms with Crippen LogP contribution in [0.4, 0.5) is 0 Å². The smallest absolute Gasteiger partial charge is 0.220 e. The molecule has 0 aliphatic rings. The lowest BCUT2D eigenvalue weighted by atomic mass is 10.3. The van der Waals surface area contributed by atoms with Crippen LogP contribution in [0.15, 0.2) is 28.7 Å². The molecular weight excluding hydrogens is 294 g/mol. The van der Waals surface area contributed by atoms with E-state index in [4.69, 9.17) is 4.74 Å². The first-order chi connectivity index (χ1) is 8.72. The Morgan fingerprint density at radius 1 is 1.44 bits per heavy atom. The van der Waals surface area contributed by atoms with Crippen LogP contribution in [0.2, 0.25) is 0 Å². The summed E-state index contributed by atoms with van der Waals surface area (Å²) in [5, 5.41) is 2.72. The minimum atomic E-state index is 0.0414. The predicted molar refractivity (Wildman–Crippen MR) is 75.3 cm³/mol. The second-order valence-electron chi connectivity index (χ2n) is 3.63. The fourth-order valence-electron chi connectivity index (χ4n) is 1.25. The summed E-state index contributed by atoms with van der Waals surface area (Å²) >= 11 is 3.36. The number of hydrogen-bond acceptors (Lipinski definition) is 2. The maximum absolute atomic E-state index is 11.1. The Morgan fingerprint density at radius 2 is 2.28 bits per heavy atom. The topological polar surface area (TPSA) is 38.3 Å². The molecule has 0 unspecified atom stereocenters. The van der Waals surface area contributed by atoms with Crippen LogP contribution in [-0.2, 0) is 4.79 Å². The van der Waals surface area contributed by atoms with E-state index in [2.05, 4.69) is 33.1 Å². The molecule has 0 radical (unpaired) electrons. The van der Waals surface area contributed by atoms with Gasteiger partial charge in [-0.15, -0.1) is 0 Å². The lowest BCUT2D eigenvalue weighted by Crippen LogP contribution is -2.22. The zero-order valence-corrected chi connectivity index (χ0v) is 11.9. The van der Waals surface area contributed by atoms with E-state index >= 15 is 0 Å². The molecule has 0 spiro atoms. The maximum atomic E-state index is 11.1. The summed E-state index contributed by atoms with van der Waals surface area (Å²) in [4.78, 5) is 11.1. The number of carbonyl (C=O) groups excluding carboxylic acids is 1. The zero-order chi connectivity index (χ0) is 13.2. The quantitative estimate of drug-likeness (QED) is 0.849. The number of amides is 1. The van der Waals surface area contributed by atoms with Crippen molar-refractivity contribution in [3.05, 3.63) is 28.7 Å². The third kappa shape index (κ3) is 6.31. The first-order valence-corrected chi connectivity index (χ1v) is 6.62. The van der Waals surface area contributed by atoms with E-state index < -0.39 is 0 Å². The van der Waals surface area contributed by atoms with Gasteiger partial charge >= 0.3 is 0 Å². The van der Waals surface area contributed by atoms with E-state index in [1.165, 1.54) is 0 Å². The highest BCUT2D eigenvalue weighted by molar-refractivity contribution is 9.10. The van der Waals surface area contributed by atoms with Gasteiger partial charge < -0.3 is 10.1 Å². The van der Waals surface area contributed by atoms with Crippen LogP contribution in [0.1, 0.15) is 19.8 Å². The fourth-order valence-corrected chi connectivity index (χ4v) is 1.63. The third-order valence-electron chi connectivity index (χ3n) is 2.08. The summed E-state index contributed by atoms with van der Waals surface area (Å²) in [7, 11) is 0.